The minimum absolute atomic E-state index is 0.0556. The second-order valence-corrected chi connectivity index (χ2v) is 10.6. The number of aromatic amines is 1. The lowest BCUT2D eigenvalue weighted by Gasteiger charge is -2.36. The van der Waals surface area contributed by atoms with Gasteiger partial charge in [0.25, 0.3) is 5.91 Å². The number of benzene rings is 2. The maximum Gasteiger partial charge on any atom is 0.328 e. The number of imide groups is 1. The van der Waals surface area contributed by atoms with Gasteiger partial charge in [0.15, 0.2) is 11.6 Å². The maximum atomic E-state index is 15.8. The van der Waals surface area contributed by atoms with Crippen LogP contribution in [0.15, 0.2) is 36.4 Å². The van der Waals surface area contributed by atoms with E-state index in [1.54, 1.807) is 35.2 Å². The van der Waals surface area contributed by atoms with Crippen molar-refractivity contribution in [3.8, 4) is 11.5 Å². The Morgan fingerprint density at radius 2 is 2.00 bits per heavy atom. The van der Waals surface area contributed by atoms with Crippen molar-refractivity contribution >= 4 is 22.8 Å². The van der Waals surface area contributed by atoms with Crippen LogP contribution in [0.5, 0.6) is 11.5 Å². The van der Waals surface area contributed by atoms with E-state index in [1.807, 2.05) is 25.1 Å². The smallest absolute Gasteiger partial charge is 0.328 e. The molecule has 2 aromatic carbocycles. The van der Waals surface area contributed by atoms with E-state index in [4.69, 9.17) is 4.74 Å². The van der Waals surface area contributed by atoms with Crippen LogP contribution in [-0.4, -0.2) is 76.6 Å². The van der Waals surface area contributed by atoms with Crippen molar-refractivity contribution in [3.63, 3.8) is 0 Å². The number of carbonyl (C=O) groups is 2. The molecule has 37 heavy (non-hydrogen) atoms. The number of hydrogen-bond donors (Lipinski definition) is 2. The highest BCUT2D eigenvalue weighted by atomic mass is 19.1. The number of rotatable bonds is 8. The number of fused-ring (bicyclic) bond motifs is 4. The fourth-order valence-electron chi connectivity index (χ4n) is 5.61. The van der Waals surface area contributed by atoms with E-state index in [1.165, 1.54) is 4.90 Å². The van der Waals surface area contributed by atoms with Gasteiger partial charge < -0.3 is 19.7 Å². The van der Waals surface area contributed by atoms with Crippen LogP contribution in [0.2, 0.25) is 0 Å². The summed E-state index contributed by atoms with van der Waals surface area (Å²) in [7, 11) is 3.90. The molecule has 3 heterocycles. The van der Waals surface area contributed by atoms with E-state index in [0.29, 0.717) is 53.2 Å². The van der Waals surface area contributed by atoms with Crippen LogP contribution < -0.4 is 4.74 Å². The lowest BCUT2D eigenvalue weighted by Crippen LogP contribution is -2.44. The Kier molecular flexibility index (Phi) is 5.82. The Bertz CT molecular complexity index is 1380. The Balaban J connectivity index is 1.44. The van der Waals surface area contributed by atoms with Crippen molar-refractivity contribution in [1.82, 2.24) is 19.7 Å². The summed E-state index contributed by atoms with van der Waals surface area (Å²) in [6, 6.07) is 8.32. The van der Waals surface area contributed by atoms with Crippen LogP contribution in [0, 0.1) is 11.7 Å². The highest BCUT2D eigenvalue weighted by Gasteiger charge is 2.52. The summed E-state index contributed by atoms with van der Waals surface area (Å²) >= 11 is 0. The highest BCUT2D eigenvalue weighted by molar-refractivity contribution is 6.05. The van der Waals surface area contributed by atoms with Crippen molar-refractivity contribution in [1.29, 1.82) is 0 Å². The zero-order valence-electron chi connectivity index (χ0n) is 21.0. The Morgan fingerprint density at radius 3 is 2.73 bits per heavy atom. The molecule has 1 saturated heterocycles. The number of amides is 3. The molecule has 9 heteroatoms. The van der Waals surface area contributed by atoms with Crippen LogP contribution in [0.3, 0.4) is 0 Å². The van der Waals surface area contributed by atoms with Crippen LogP contribution in [0.4, 0.5) is 9.18 Å². The van der Waals surface area contributed by atoms with Crippen molar-refractivity contribution in [3.05, 3.63) is 59.0 Å². The minimum atomic E-state index is -0.749. The lowest BCUT2D eigenvalue weighted by molar-refractivity contribution is -0.128. The molecule has 8 nitrogen and oxygen atoms in total. The summed E-state index contributed by atoms with van der Waals surface area (Å²) < 4.78 is 21.6. The normalized spacial score (nSPS) is 21.2. The third-order valence-electron chi connectivity index (χ3n) is 7.63. The number of H-pyrrole nitrogens is 1. The first-order chi connectivity index (χ1) is 17.8. The second-order valence-electron chi connectivity index (χ2n) is 10.6. The summed E-state index contributed by atoms with van der Waals surface area (Å²) in [5, 5.41) is 10.6. The average Bonchev–Trinajstić information content (AvgIpc) is 3.57. The van der Waals surface area contributed by atoms with E-state index in [0.717, 1.165) is 19.4 Å². The SMILES string of the molecule is CN(C)CCCN1C(=O)C2Cc3c([nH]c4ccc(OCC5CC5)c(F)c34)C(c3cccc(O)c3)N2C1=O. The zero-order chi connectivity index (χ0) is 25.8. The first kappa shape index (κ1) is 23.8. The molecule has 194 valence electrons. The number of nitrogens with zero attached hydrogens (tertiary/aromatic N) is 3. The Hall–Kier alpha value is -3.59. The zero-order valence-corrected chi connectivity index (χ0v) is 21.0. The molecule has 0 radical (unpaired) electrons. The molecule has 0 bridgehead atoms. The van der Waals surface area contributed by atoms with Gasteiger partial charge in [0.05, 0.1) is 6.61 Å². The van der Waals surface area contributed by atoms with Crippen molar-refractivity contribution in [2.24, 2.45) is 5.92 Å². The van der Waals surface area contributed by atoms with E-state index < -0.39 is 17.9 Å². The topological polar surface area (TPSA) is 89.1 Å². The predicted molar refractivity (Wildman–Crippen MR) is 136 cm³/mol. The van der Waals surface area contributed by atoms with Crippen molar-refractivity contribution < 1.29 is 23.8 Å². The molecule has 6 rings (SSSR count). The van der Waals surface area contributed by atoms with Crippen molar-refractivity contribution in [2.45, 2.75) is 37.8 Å². The Morgan fingerprint density at radius 1 is 1.19 bits per heavy atom. The molecule has 2 aliphatic heterocycles. The first-order valence-electron chi connectivity index (χ1n) is 12.9. The summed E-state index contributed by atoms with van der Waals surface area (Å²) in [4.78, 5) is 35.4. The molecule has 1 aliphatic carbocycles. The largest absolute Gasteiger partial charge is 0.508 e. The number of aromatic nitrogens is 1. The van der Waals surface area contributed by atoms with E-state index >= 15 is 4.39 Å². The third kappa shape index (κ3) is 4.11. The fourth-order valence-corrected chi connectivity index (χ4v) is 5.61. The number of phenols is 1. The minimum Gasteiger partial charge on any atom is -0.508 e. The summed E-state index contributed by atoms with van der Waals surface area (Å²) in [5.74, 6) is 0.0325. The number of halogens is 1. The molecule has 3 aliphatic rings. The highest BCUT2D eigenvalue weighted by Crippen LogP contribution is 2.46. The number of nitrogens with one attached hydrogen (secondary N) is 1. The molecule has 2 fully saturated rings. The summed E-state index contributed by atoms with van der Waals surface area (Å²) in [5.41, 5.74) is 2.58. The summed E-state index contributed by atoms with van der Waals surface area (Å²) in [6.45, 7) is 1.56. The van der Waals surface area contributed by atoms with Gasteiger partial charge in [-0.15, -0.1) is 0 Å². The van der Waals surface area contributed by atoms with Gasteiger partial charge in [0, 0.05) is 29.6 Å². The second kappa shape index (κ2) is 9.06. The third-order valence-corrected chi connectivity index (χ3v) is 7.63. The van der Waals surface area contributed by atoms with Crippen LogP contribution in [0.25, 0.3) is 10.9 Å². The van der Waals surface area contributed by atoms with Gasteiger partial charge in [-0.2, -0.15) is 0 Å². The van der Waals surface area contributed by atoms with Crippen molar-refractivity contribution in [2.75, 3.05) is 33.8 Å². The number of phenolic OH excluding ortho intramolecular Hbond substituents is 1. The van der Waals surface area contributed by atoms with Crippen LogP contribution >= 0.6 is 0 Å². The quantitative estimate of drug-likeness (QED) is 0.451. The summed E-state index contributed by atoms with van der Waals surface area (Å²) in [6.07, 6.45) is 3.08. The van der Waals surface area contributed by atoms with Gasteiger partial charge >= 0.3 is 6.03 Å². The number of hydrogen-bond acceptors (Lipinski definition) is 5. The molecule has 2 unspecified atom stereocenters. The van der Waals surface area contributed by atoms with Gasteiger partial charge in [0.2, 0.25) is 0 Å². The fraction of sp³-hybridized carbons (Fsp3) is 0.429. The van der Waals surface area contributed by atoms with Gasteiger partial charge in [-0.1, -0.05) is 12.1 Å². The monoisotopic (exact) mass is 506 g/mol. The van der Waals surface area contributed by atoms with Gasteiger partial charge in [0.1, 0.15) is 17.8 Å². The molecule has 3 amide bonds. The molecule has 3 aromatic rings. The molecule has 2 N–H and O–H groups in total. The molecule has 0 spiro atoms. The van der Waals surface area contributed by atoms with Gasteiger partial charge in [-0.05, 0) is 81.2 Å². The van der Waals surface area contributed by atoms with Gasteiger partial charge in [-0.3, -0.25) is 14.6 Å². The van der Waals surface area contributed by atoms with Gasteiger partial charge in [-0.25, -0.2) is 9.18 Å². The van der Waals surface area contributed by atoms with E-state index in [9.17, 15) is 14.7 Å². The molecular formula is C28H31FN4O4. The first-order valence-corrected chi connectivity index (χ1v) is 12.9. The maximum absolute atomic E-state index is 15.8. The van der Waals surface area contributed by atoms with E-state index in [-0.39, 0.29) is 29.9 Å². The number of ether oxygens (including phenoxy) is 1. The molecule has 1 saturated carbocycles. The number of urea groups is 1. The molecule has 1 aromatic heterocycles. The number of aromatic hydroxyl groups is 1. The predicted octanol–water partition coefficient (Wildman–Crippen LogP) is 4.03. The lowest BCUT2D eigenvalue weighted by atomic mass is 9.88. The number of carbonyl (C=O) groups excluding carboxylic acids is 2. The van der Waals surface area contributed by atoms with Crippen LogP contribution in [0.1, 0.15) is 42.1 Å². The van der Waals surface area contributed by atoms with E-state index in [2.05, 4.69) is 4.98 Å². The molecule has 2 atom stereocenters. The standard InChI is InChI=1S/C28H31FN4O4/c1-31(2)11-4-12-32-27(35)21-14-19-23-20(9-10-22(24(23)29)37-15-16-7-8-16)30-25(19)26(33(21)28(32)36)17-5-3-6-18(34)13-17/h3,5-6,9-10,13,16,21,26,30,34H,4,7-8,11-12,14-15H2,1-2H3. The Labute approximate surface area is 214 Å². The average molecular weight is 507 g/mol. The van der Waals surface area contributed by atoms with Crippen LogP contribution in [-0.2, 0) is 11.2 Å². The molecular weight excluding hydrogens is 475 g/mol.